The van der Waals surface area contributed by atoms with Crippen LogP contribution in [0.25, 0.3) is 0 Å². The number of carbonyl (C=O) groups excluding carboxylic acids is 6. The van der Waals surface area contributed by atoms with Gasteiger partial charge in [-0.15, -0.1) is 6.42 Å². The maximum Gasteiger partial charge on any atom is 0.220 e. The molecule has 0 saturated heterocycles. The van der Waals surface area contributed by atoms with Gasteiger partial charge in [0, 0.05) is 137 Å². The van der Waals surface area contributed by atoms with Crippen LogP contribution in [0.2, 0.25) is 0 Å². The lowest BCUT2D eigenvalue weighted by Gasteiger charge is -2.21. The van der Waals surface area contributed by atoms with Gasteiger partial charge >= 0.3 is 0 Å². The zero-order chi connectivity index (χ0) is 69.9. The number of amides is 3. The molecule has 3 amide bonds. The molecule has 0 heterocycles. The van der Waals surface area contributed by atoms with E-state index >= 15 is 0 Å². The average molecular weight is 1200 g/mol. The van der Waals surface area contributed by atoms with Gasteiger partial charge in [-0.3, -0.25) is 28.8 Å². The first kappa shape index (κ1) is 89.0. The van der Waals surface area contributed by atoms with Gasteiger partial charge in [-0.25, -0.2) is 0 Å². The first-order chi connectivity index (χ1) is 40.6. The molecule has 0 aromatic heterocycles. The normalized spacial score (nSPS) is 9.75. The minimum absolute atomic E-state index is 0.0129. The molecule has 0 saturated carbocycles. The van der Waals surface area contributed by atoms with Crippen LogP contribution >= 0.6 is 0 Å². The Morgan fingerprint density at radius 2 is 0.472 bits per heavy atom. The first-order valence-corrected chi connectivity index (χ1v) is 29.8. The average Bonchev–Trinajstić information content (AvgIpc) is 3.55. The van der Waals surface area contributed by atoms with Crippen molar-refractivity contribution in [3.05, 3.63) is 0 Å². The Bertz CT molecular complexity index is 3130. The Hall–Kier alpha value is -8.74. The van der Waals surface area contributed by atoms with Crippen LogP contribution in [0.1, 0.15) is 237 Å². The highest BCUT2D eigenvalue weighted by atomic mass is 16.2. The van der Waals surface area contributed by atoms with Gasteiger partial charge in [0.1, 0.15) is 17.3 Å². The van der Waals surface area contributed by atoms with E-state index in [1.54, 1.807) is 6.92 Å². The van der Waals surface area contributed by atoms with Crippen molar-refractivity contribution in [3.8, 4) is 166 Å². The third kappa shape index (κ3) is 93.2. The fourth-order valence-electron chi connectivity index (χ4n) is 5.69. The molecular weight excluding hydrogens is 1100 g/mol. The van der Waals surface area contributed by atoms with Gasteiger partial charge < -0.3 is 16.0 Å². The van der Waals surface area contributed by atoms with Crippen LogP contribution in [0.5, 0.6) is 0 Å². The summed E-state index contributed by atoms with van der Waals surface area (Å²) < 4.78 is 0. The summed E-state index contributed by atoms with van der Waals surface area (Å²) in [4.78, 5) is 69.1. The minimum atomic E-state index is -0.0258. The van der Waals surface area contributed by atoms with E-state index < -0.39 is 0 Å². The fourth-order valence-corrected chi connectivity index (χ4v) is 5.69. The molecule has 0 aromatic rings. The molecule has 9 heteroatoms. The van der Waals surface area contributed by atoms with Crippen molar-refractivity contribution in [3.63, 3.8) is 0 Å². The zero-order valence-corrected chi connectivity index (χ0v) is 59.2. The molecule has 0 atom stereocenters. The molecule has 3 N–H and O–H groups in total. The molecule has 0 fully saturated rings. The quantitative estimate of drug-likeness (QED) is 0.140. The first-order valence-electron chi connectivity index (χ1n) is 29.8. The van der Waals surface area contributed by atoms with Crippen molar-refractivity contribution in [1.29, 1.82) is 0 Å². The Labute approximate surface area is 543 Å². The second-order valence-electron chi connectivity index (χ2n) is 30.2. The maximum absolute atomic E-state index is 11.6. The summed E-state index contributed by atoms with van der Waals surface area (Å²) in [7, 11) is 0. The fraction of sp³-hybridized carbons (Fsp3) is 0.575. The highest BCUT2D eigenvalue weighted by molar-refractivity contribution is 5.86. The molecule has 0 spiro atoms. The number of rotatable bonds is 15. The zero-order valence-electron chi connectivity index (χ0n) is 59.2. The molecule has 0 aliphatic rings. The molecule has 0 rings (SSSR count). The third-order valence-electron chi connectivity index (χ3n) is 9.43. The van der Waals surface area contributed by atoms with Gasteiger partial charge in [0.25, 0.3) is 0 Å². The maximum atomic E-state index is 11.6. The van der Waals surface area contributed by atoms with Crippen molar-refractivity contribution in [1.82, 2.24) is 16.0 Å². The molecule has 0 radical (unpaired) electrons. The smallest absolute Gasteiger partial charge is 0.220 e. The van der Waals surface area contributed by atoms with Crippen LogP contribution in [0.15, 0.2) is 0 Å². The minimum Gasteiger partial charge on any atom is -0.356 e. The number of hydrogen-bond donors (Lipinski definition) is 3. The number of hydrogen-bond acceptors (Lipinski definition) is 6. The lowest BCUT2D eigenvalue weighted by Crippen LogP contribution is -2.34. The summed E-state index contributed by atoms with van der Waals surface area (Å²) in [5.74, 6) is 67.7. The Kier molecular flexibility index (Phi) is 48.3. The number of Topliss-reactive ketones (excluding diaryl/α,β-unsaturated/α-hetero) is 3. The van der Waals surface area contributed by atoms with Gasteiger partial charge in [0.15, 0.2) is 0 Å². The predicted molar refractivity (Wildman–Crippen MR) is 371 cm³/mol. The molecule has 0 aliphatic carbocycles. The van der Waals surface area contributed by atoms with Crippen molar-refractivity contribution in [2.75, 3.05) is 19.6 Å². The van der Waals surface area contributed by atoms with E-state index in [0.29, 0.717) is 70.2 Å². The van der Waals surface area contributed by atoms with Gasteiger partial charge in [-0.05, 0) is 151 Å². The van der Waals surface area contributed by atoms with Gasteiger partial charge in [0.05, 0.1) is 0 Å². The lowest BCUT2D eigenvalue weighted by atomic mass is 9.85. The number of terminal acetylenes is 1. The molecule has 9 nitrogen and oxygen atoms in total. The van der Waals surface area contributed by atoms with Gasteiger partial charge in [-0.1, -0.05) is 172 Å². The largest absolute Gasteiger partial charge is 0.356 e. The molecular formula is C80H105N3O6. The highest BCUT2D eigenvalue weighted by Crippen LogP contribution is 2.25. The van der Waals surface area contributed by atoms with Crippen molar-refractivity contribution >= 4 is 35.1 Å². The van der Waals surface area contributed by atoms with Crippen LogP contribution in [0.3, 0.4) is 0 Å². The van der Waals surface area contributed by atoms with Crippen LogP contribution in [-0.2, 0) is 28.8 Å². The molecule has 0 aromatic carbocycles. The summed E-state index contributed by atoms with van der Waals surface area (Å²) in [6, 6.07) is 0. The highest BCUT2D eigenvalue weighted by Gasteiger charge is 2.21. The van der Waals surface area contributed by atoms with E-state index in [1.807, 2.05) is 41.5 Å². The predicted octanol–water partition coefficient (Wildman–Crippen LogP) is 13.0. The van der Waals surface area contributed by atoms with E-state index in [4.69, 9.17) is 6.42 Å². The summed E-state index contributed by atoms with van der Waals surface area (Å²) in [5.41, 5.74) is 0.895. The third-order valence-corrected chi connectivity index (χ3v) is 9.43. The van der Waals surface area contributed by atoms with E-state index in [0.717, 1.165) is 19.4 Å². The molecule has 0 unspecified atom stereocenters. The summed E-state index contributed by atoms with van der Waals surface area (Å²) >= 11 is 0. The number of carbonyl (C=O) groups is 6. The lowest BCUT2D eigenvalue weighted by molar-refractivity contribution is -0.126. The molecule has 0 bridgehead atoms. The van der Waals surface area contributed by atoms with Crippen LogP contribution in [0, 0.1) is 210 Å². The van der Waals surface area contributed by atoms with Crippen molar-refractivity contribution in [2.45, 2.75) is 237 Å². The number of ketones is 3. The van der Waals surface area contributed by atoms with E-state index in [2.05, 4.69) is 300 Å². The second-order valence-corrected chi connectivity index (χ2v) is 30.2. The van der Waals surface area contributed by atoms with Crippen molar-refractivity contribution in [2.24, 2.45) is 43.3 Å². The van der Waals surface area contributed by atoms with E-state index in [9.17, 15) is 28.8 Å². The molecule has 89 heavy (non-hydrogen) atoms. The molecule has 0 aliphatic heterocycles. The monoisotopic (exact) mass is 1200 g/mol. The van der Waals surface area contributed by atoms with Crippen LogP contribution in [-0.4, -0.2) is 54.7 Å². The Morgan fingerprint density at radius 3 is 0.674 bits per heavy atom. The van der Waals surface area contributed by atoms with E-state index in [-0.39, 0.29) is 72.6 Å². The Balaban J connectivity index is -0.000000344. The van der Waals surface area contributed by atoms with Gasteiger partial charge in [0.2, 0.25) is 17.7 Å². The summed E-state index contributed by atoms with van der Waals surface area (Å²) in [6.45, 7) is 53.8. The summed E-state index contributed by atoms with van der Waals surface area (Å²) in [5, 5.41) is 8.64. The van der Waals surface area contributed by atoms with E-state index in [1.165, 1.54) is 0 Å². The van der Waals surface area contributed by atoms with Crippen LogP contribution < -0.4 is 16.0 Å². The standard InChI is InChI=1S/C29H4.2C14H27NO2.C12H24O.C11H23NO/c1-3-5-7-9-11-13-15-17-19-21-23-25-27-29-28-26-24-22-20-18-16-14-12-10-8-6-4-2;2*1-13(2,3)9-11(16)7-8-12(17)15-10-14(4,5)6;1-11(2,3)8-7-10(13)9-12(4,5)6;1-10(2,3)7-9(13)12-8-11(4,5)6/h1H,2H3;2*7-10H2,1-6H3,(H,15,17);7-9H2,1-6H3;7-8H2,1-6H3,(H,12,13). The van der Waals surface area contributed by atoms with Gasteiger partial charge in [-0.2, -0.15) is 0 Å². The second kappa shape index (κ2) is 48.3. The van der Waals surface area contributed by atoms with Crippen LogP contribution in [0.4, 0.5) is 0 Å². The molecule has 476 valence electrons. The SMILES string of the molecule is C#CC#CC#CC#CC#CC#CC#CC#CC#CC#CC#CC#CC#CC#CC.CC(C)(C)CCC(=O)CC(C)(C)C.CC(C)(C)CNC(=O)CC(C)(C)C.CC(C)(C)CNC(=O)CCC(=O)CC(C)(C)C.CC(C)(C)CNC(=O)CCC(=O)CC(C)(C)C. The Morgan fingerprint density at radius 1 is 0.258 bits per heavy atom. The van der Waals surface area contributed by atoms with Crippen molar-refractivity contribution < 1.29 is 28.8 Å². The topological polar surface area (TPSA) is 139 Å². The number of nitrogens with one attached hydrogen (secondary N) is 3. The summed E-state index contributed by atoms with van der Waals surface area (Å²) in [6.07, 6.45) is 10.4.